The number of rotatable bonds is 5. The summed E-state index contributed by atoms with van der Waals surface area (Å²) < 4.78 is 5.66. The van der Waals surface area contributed by atoms with Gasteiger partial charge in [0.25, 0.3) is 0 Å². The predicted molar refractivity (Wildman–Crippen MR) is 93.5 cm³/mol. The Bertz CT molecular complexity index is 768. The first kappa shape index (κ1) is 14.9. The maximum absolute atomic E-state index is 5.66. The first-order valence-corrected chi connectivity index (χ1v) is 8.93. The lowest BCUT2D eigenvalue weighted by Gasteiger charge is -2.23. The zero-order valence-corrected chi connectivity index (χ0v) is 14.1. The van der Waals surface area contributed by atoms with Crippen LogP contribution in [0.15, 0.2) is 46.5 Å². The van der Waals surface area contributed by atoms with Crippen molar-refractivity contribution in [2.45, 2.75) is 25.6 Å². The van der Waals surface area contributed by atoms with Crippen LogP contribution in [-0.2, 0) is 13.1 Å². The minimum Gasteiger partial charge on any atom is -0.464 e. The zero-order chi connectivity index (χ0) is 15.6. The smallest absolute Gasteiger partial charge is 0.134 e. The van der Waals surface area contributed by atoms with Gasteiger partial charge in [0.05, 0.1) is 12.8 Å². The number of nitrogens with zero attached hydrogens (tertiary/aromatic N) is 3. The van der Waals surface area contributed by atoms with E-state index in [9.17, 15) is 0 Å². The van der Waals surface area contributed by atoms with Crippen LogP contribution < -0.4 is 0 Å². The fourth-order valence-corrected chi connectivity index (χ4v) is 4.06. The topological polar surface area (TPSA) is 32.5 Å². The van der Waals surface area contributed by atoms with Gasteiger partial charge in [0.15, 0.2) is 0 Å². The van der Waals surface area contributed by atoms with Gasteiger partial charge in [0, 0.05) is 48.2 Å². The van der Waals surface area contributed by atoms with Crippen molar-refractivity contribution in [2.24, 2.45) is 0 Å². The largest absolute Gasteiger partial charge is 0.464 e. The molecule has 0 bridgehead atoms. The van der Waals surface area contributed by atoms with Gasteiger partial charge in [0.2, 0.25) is 0 Å². The SMILES string of the molecule is CN(Cc1nccs1)C1CCN(Cc2coc3ccccc23)C1. The lowest BCUT2D eigenvalue weighted by Crippen LogP contribution is -2.33. The average Bonchev–Trinajstić information content (AvgIpc) is 3.29. The summed E-state index contributed by atoms with van der Waals surface area (Å²) >= 11 is 1.74. The van der Waals surface area contributed by atoms with Crippen LogP contribution in [0.25, 0.3) is 11.0 Å². The van der Waals surface area contributed by atoms with E-state index in [2.05, 4.69) is 34.0 Å². The van der Waals surface area contributed by atoms with Gasteiger partial charge in [0.1, 0.15) is 10.6 Å². The molecule has 120 valence electrons. The molecule has 0 radical (unpaired) electrons. The summed E-state index contributed by atoms with van der Waals surface area (Å²) in [5.74, 6) is 0. The second-order valence-electron chi connectivity index (χ2n) is 6.28. The Hall–Kier alpha value is -1.69. The molecule has 5 heteroatoms. The highest BCUT2D eigenvalue weighted by atomic mass is 32.1. The molecule has 2 aromatic heterocycles. The van der Waals surface area contributed by atoms with Gasteiger partial charge in [-0.2, -0.15) is 0 Å². The van der Waals surface area contributed by atoms with Gasteiger partial charge in [-0.3, -0.25) is 9.80 Å². The number of likely N-dealkylation sites (tertiary alicyclic amines) is 1. The van der Waals surface area contributed by atoms with Crippen molar-refractivity contribution in [1.82, 2.24) is 14.8 Å². The fraction of sp³-hybridized carbons (Fsp3) is 0.389. The van der Waals surface area contributed by atoms with Crippen molar-refractivity contribution in [3.8, 4) is 0 Å². The summed E-state index contributed by atoms with van der Waals surface area (Å²) in [5.41, 5.74) is 2.28. The molecular weight excluding hydrogens is 306 g/mol. The Morgan fingerprint density at radius 2 is 2.30 bits per heavy atom. The molecular formula is C18H21N3OS. The van der Waals surface area contributed by atoms with E-state index in [-0.39, 0.29) is 0 Å². The van der Waals surface area contributed by atoms with E-state index in [1.807, 2.05) is 30.0 Å². The summed E-state index contributed by atoms with van der Waals surface area (Å²) in [6.07, 6.45) is 5.02. The van der Waals surface area contributed by atoms with E-state index in [1.165, 1.54) is 22.4 Å². The Morgan fingerprint density at radius 3 is 3.17 bits per heavy atom. The van der Waals surface area contributed by atoms with Crippen LogP contribution in [0.4, 0.5) is 0 Å². The molecule has 0 N–H and O–H groups in total. The predicted octanol–water partition coefficient (Wildman–Crippen LogP) is 3.60. The van der Waals surface area contributed by atoms with Crippen LogP contribution in [0.1, 0.15) is 17.0 Å². The monoisotopic (exact) mass is 327 g/mol. The first-order valence-electron chi connectivity index (χ1n) is 8.05. The van der Waals surface area contributed by atoms with Crippen LogP contribution in [-0.4, -0.2) is 41.0 Å². The third-order valence-electron chi connectivity index (χ3n) is 4.69. The molecule has 1 unspecified atom stereocenters. The molecule has 0 saturated carbocycles. The highest BCUT2D eigenvalue weighted by Crippen LogP contribution is 2.25. The maximum atomic E-state index is 5.66. The van der Waals surface area contributed by atoms with Crippen molar-refractivity contribution in [3.05, 3.63) is 52.7 Å². The van der Waals surface area contributed by atoms with Gasteiger partial charge < -0.3 is 4.42 Å². The molecule has 1 fully saturated rings. The number of fused-ring (bicyclic) bond motifs is 1. The average molecular weight is 327 g/mol. The molecule has 4 rings (SSSR count). The number of furan rings is 1. The highest BCUT2D eigenvalue weighted by Gasteiger charge is 2.26. The number of benzene rings is 1. The molecule has 1 aliphatic rings. The van der Waals surface area contributed by atoms with Crippen molar-refractivity contribution < 1.29 is 4.42 Å². The third-order valence-corrected chi connectivity index (χ3v) is 5.46. The summed E-state index contributed by atoms with van der Waals surface area (Å²) in [6.45, 7) is 4.18. The zero-order valence-electron chi connectivity index (χ0n) is 13.3. The Kier molecular flexibility index (Phi) is 4.16. The first-order chi connectivity index (χ1) is 11.3. The summed E-state index contributed by atoms with van der Waals surface area (Å²) in [5, 5.41) is 4.49. The van der Waals surface area contributed by atoms with Gasteiger partial charge in [-0.15, -0.1) is 11.3 Å². The van der Waals surface area contributed by atoms with Gasteiger partial charge in [-0.05, 0) is 19.5 Å². The van der Waals surface area contributed by atoms with Gasteiger partial charge >= 0.3 is 0 Å². The molecule has 1 saturated heterocycles. The van der Waals surface area contributed by atoms with Gasteiger partial charge in [-0.25, -0.2) is 4.98 Å². The van der Waals surface area contributed by atoms with Gasteiger partial charge in [-0.1, -0.05) is 18.2 Å². The van der Waals surface area contributed by atoms with Crippen molar-refractivity contribution in [1.29, 1.82) is 0 Å². The molecule has 3 aromatic rings. The number of likely N-dealkylation sites (N-methyl/N-ethyl adjacent to an activating group) is 1. The molecule has 23 heavy (non-hydrogen) atoms. The number of aromatic nitrogens is 1. The van der Waals surface area contributed by atoms with Crippen LogP contribution >= 0.6 is 11.3 Å². The molecule has 1 aliphatic heterocycles. The standard InChI is InChI=1S/C18H21N3OS/c1-20(12-18-19-7-9-23-18)15-6-8-21(11-15)10-14-13-22-17-5-3-2-4-16(14)17/h2-5,7,9,13,15H,6,8,10-12H2,1H3. The van der Waals surface area contributed by atoms with Crippen molar-refractivity contribution in [3.63, 3.8) is 0 Å². The summed E-state index contributed by atoms with van der Waals surface area (Å²) in [6, 6.07) is 8.89. The molecule has 4 nitrogen and oxygen atoms in total. The molecule has 3 heterocycles. The maximum Gasteiger partial charge on any atom is 0.134 e. The number of hydrogen-bond donors (Lipinski definition) is 0. The Morgan fingerprint density at radius 1 is 1.39 bits per heavy atom. The van der Waals surface area contributed by atoms with Crippen LogP contribution in [0.5, 0.6) is 0 Å². The number of thiazole rings is 1. The van der Waals surface area contributed by atoms with Crippen LogP contribution in [0.2, 0.25) is 0 Å². The fourth-order valence-electron chi connectivity index (χ4n) is 3.39. The highest BCUT2D eigenvalue weighted by molar-refractivity contribution is 7.09. The summed E-state index contributed by atoms with van der Waals surface area (Å²) in [7, 11) is 2.21. The Labute approximate surface area is 140 Å². The van der Waals surface area contributed by atoms with E-state index in [0.717, 1.165) is 31.8 Å². The minimum atomic E-state index is 0.608. The summed E-state index contributed by atoms with van der Waals surface area (Å²) in [4.78, 5) is 9.36. The quantitative estimate of drug-likeness (QED) is 0.717. The third kappa shape index (κ3) is 3.17. The van der Waals surface area contributed by atoms with E-state index in [0.29, 0.717) is 6.04 Å². The lowest BCUT2D eigenvalue weighted by atomic mass is 10.2. The van der Waals surface area contributed by atoms with Crippen LogP contribution in [0, 0.1) is 0 Å². The molecule has 1 aromatic carbocycles. The van der Waals surface area contributed by atoms with Crippen molar-refractivity contribution in [2.75, 3.05) is 20.1 Å². The molecule has 0 spiro atoms. The van der Waals surface area contributed by atoms with Crippen LogP contribution in [0.3, 0.4) is 0 Å². The molecule has 1 atom stereocenters. The Balaban J connectivity index is 1.38. The lowest BCUT2D eigenvalue weighted by molar-refractivity contribution is 0.222. The minimum absolute atomic E-state index is 0.608. The van der Waals surface area contributed by atoms with E-state index >= 15 is 0 Å². The number of para-hydroxylation sites is 1. The van der Waals surface area contributed by atoms with E-state index in [4.69, 9.17) is 4.42 Å². The van der Waals surface area contributed by atoms with E-state index < -0.39 is 0 Å². The second-order valence-corrected chi connectivity index (χ2v) is 7.25. The van der Waals surface area contributed by atoms with Crippen molar-refractivity contribution >= 4 is 22.3 Å². The number of hydrogen-bond acceptors (Lipinski definition) is 5. The molecule has 0 aliphatic carbocycles. The second kappa shape index (κ2) is 6.43. The van der Waals surface area contributed by atoms with E-state index in [1.54, 1.807) is 11.3 Å². The molecule has 0 amide bonds. The normalized spacial score (nSPS) is 19.1.